The maximum absolute atomic E-state index is 12.8. The zero-order valence-electron chi connectivity index (χ0n) is 20.0. The molecule has 6 atom stereocenters. The normalized spacial score (nSPS) is 31.4. The number of aliphatic hydroxyl groups excluding tert-OH is 2. The summed E-state index contributed by atoms with van der Waals surface area (Å²) >= 11 is 0. The van der Waals surface area contributed by atoms with Crippen LogP contribution in [0.3, 0.4) is 0 Å². The van der Waals surface area contributed by atoms with Crippen LogP contribution >= 0.6 is 0 Å². The van der Waals surface area contributed by atoms with Gasteiger partial charge in [-0.15, -0.1) is 0 Å². The van der Waals surface area contributed by atoms with Crippen LogP contribution in [0.4, 0.5) is 0 Å². The summed E-state index contributed by atoms with van der Waals surface area (Å²) in [7, 11) is 1.97. The quantitative estimate of drug-likeness (QED) is 0.363. The molecule has 2 aliphatic carbocycles. The topological polar surface area (TPSA) is 163 Å². The Labute approximate surface area is 206 Å². The van der Waals surface area contributed by atoms with Gasteiger partial charge in [0, 0.05) is 23.6 Å². The molecule has 0 aromatic heterocycles. The number of carboxylic acids is 1. The molecular formula is C25H29NO10. The van der Waals surface area contributed by atoms with Gasteiger partial charge in [-0.05, 0) is 45.0 Å². The van der Waals surface area contributed by atoms with Crippen molar-refractivity contribution in [3.8, 4) is 5.75 Å². The number of rotatable bonds is 7. The van der Waals surface area contributed by atoms with E-state index in [-0.39, 0.29) is 24.8 Å². The highest BCUT2D eigenvalue weighted by Crippen LogP contribution is 2.64. The minimum atomic E-state index is -1.84. The zero-order chi connectivity index (χ0) is 26.0. The molecule has 0 unspecified atom stereocenters. The summed E-state index contributed by atoms with van der Waals surface area (Å²) in [5, 5.41) is 40.8. The van der Waals surface area contributed by atoms with Gasteiger partial charge in [0.25, 0.3) is 0 Å². The maximum atomic E-state index is 12.8. The Bertz CT molecular complexity index is 1160. The van der Waals surface area contributed by atoms with Gasteiger partial charge in [0.2, 0.25) is 6.10 Å². The standard InChI is InChI=1S/C25H29NO10/c1-12(28)23(32)35-16(22(30)31)10-18(29)34-15-5-6-25(33)17-9-13-3-4-14(11-27)20-19(13)24(25,21(15)36-20)7-8-26(17)2/h3-5,12,16-17,21,27-28,33H,6-11H2,1-2H3,(H,30,31)/t12-,16-,17+,21-,24-,25+/m0/s1. The lowest BCUT2D eigenvalue weighted by molar-refractivity contribution is -0.175. The minimum absolute atomic E-state index is 0.145. The molecule has 36 heavy (non-hydrogen) atoms. The van der Waals surface area contributed by atoms with Gasteiger partial charge in [0.1, 0.15) is 17.6 Å². The lowest BCUT2D eigenvalue weighted by Crippen LogP contribution is -2.74. The number of likely N-dealkylation sites (N-methyl/N-ethyl adjacent to an activating group) is 1. The number of likely N-dealkylation sites (tertiary alicyclic amines) is 1. The van der Waals surface area contributed by atoms with E-state index in [9.17, 15) is 34.8 Å². The summed E-state index contributed by atoms with van der Waals surface area (Å²) in [4.78, 5) is 38.1. The lowest BCUT2D eigenvalue weighted by Gasteiger charge is -2.61. The van der Waals surface area contributed by atoms with Crippen molar-refractivity contribution < 1.29 is 49.0 Å². The van der Waals surface area contributed by atoms with E-state index in [2.05, 4.69) is 4.90 Å². The van der Waals surface area contributed by atoms with Crippen molar-refractivity contribution in [1.82, 2.24) is 4.90 Å². The first-order valence-corrected chi connectivity index (χ1v) is 11.9. The van der Waals surface area contributed by atoms with Crippen LogP contribution in [0.2, 0.25) is 0 Å². The van der Waals surface area contributed by atoms with Gasteiger partial charge in [-0.25, -0.2) is 9.59 Å². The van der Waals surface area contributed by atoms with E-state index in [1.807, 2.05) is 13.1 Å². The summed E-state index contributed by atoms with van der Waals surface area (Å²) < 4.78 is 16.7. The van der Waals surface area contributed by atoms with Gasteiger partial charge < -0.3 is 39.5 Å². The molecule has 0 amide bonds. The molecule has 1 fully saturated rings. The molecule has 0 radical (unpaired) electrons. The predicted octanol–water partition coefficient (Wildman–Crippen LogP) is -0.233. The Morgan fingerprint density at radius 2 is 2.06 bits per heavy atom. The molecule has 1 saturated heterocycles. The van der Waals surface area contributed by atoms with Crippen LogP contribution in [0, 0.1) is 0 Å². The van der Waals surface area contributed by atoms with E-state index >= 15 is 0 Å². The van der Waals surface area contributed by atoms with E-state index in [4.69, 9.17) is 14.2 Å². The molecular weight excluding hydrogens is 474 g/mol. The molecule has 11 heteroatoms. The second-order valence-electron chi connectivity index (χ2n) is 10.0. The number of nitrogens with zero attached hydrogens (tertiary/aromatic N) is 1. The fourth-order valence-corrected chi connectivity index (χ4v) is 6.37. The number of carbonyl (C=O) groups excluding carboxylic acids is 2. The van der Waals surface area contributed by atoms with Crippen molar-refractivity contribution in [3.05, 3.63) is 40.7 Å². The third kappa shape index (κ3) is 3.37. The molecule has 4 N–H and O–H groups in total. The van der Waals surface area contributed by atoms with Crippen molar-refractivity contribution in [2.75, 3.05) is 13.6 Å². The molecule has 2 bridgehead atoms. The second kappa shape index (κ2) is 8.55. The molecule has 194 valence electrons. The summed E-state index contributed by atoms with van der Waals surface area (Å²) in [6.45, 7) is 1.53. The number of aliphatic hydroxyl groups is 3. The Kier molecular flexibility index (Phi) is 5.86. The molecule has 0 saturated carbocycles. The monoisotopic (exact) mass is 503 g/mol. The van der Waals surface area contributed by atoms with Crippen LogP contribution in [-0.4, -0.2) is 86.8 Å². The first-order valence-electron chi connectivity index (χ1n) is 11.9. The number of benzene rings is 1. The van der Waals surface area contributed by atoms with E-state index in [1.165, 1.54) is 0 Å². The van der Waals surface area contributed by atoms with Gasteiger partial charge in [0.05, 0.1) is 24.0 Å². The van der Waals surface area contributed by atoms with Crippen LogP contribution < -0.4 is 4.74 Å². The van der Waals surface area contributed by atoms with Crippen LogP contribution in [0.1, 0.15) is 42.9 Å². The van der Waals surface area contributed by atoms with Crippen LogP contribution in [-0.2, 0) is 42.3 Å². The highest BCUT2D eigenvalue weighted by molar-refractivity contribution is 5.84. The van der Waals surface area contributed by atoms with Gasteiger partial charge in [-0.2, -0.15) is 0 Å². The summed E-state index contributed by atoms with van der Waals surface area (Å²) in [5.74, 6) is -3.06. The molecule has 5 rings (SSSR count). The van der Waals surface area contributed by atoms with Gasteiger partial charge in [-0.1, -0.05) is 12.1 Å². The second-order valence-corrected chi connectivity index (χ2v) is 10.0. The van der Waals surface area contributed by atoms with Gasteiger partial charge in [-0.3, -0.25) is 4.79 Å². The third-order valence-electron chi connectivity index (χ3n) is 8.08. The summed E-state index contributed by atoms with van der Waals surface area (Å²) in [5.41, 5.74) is 0.298. The minimum Gasteiger partial charge on any atom is -0.481 e. The SMILES string of the molecule is C[C@H](O)C(=O)O[C@@H](CC(=O)OC1=CC[C@@]2(O)[C@H]3Cc4ccc(CO)c5c4[C@@]2(CCN3C)[C@H]1O5)C(=O)O. The third-order valence-corrected chi connectivity index (χ3v) is 8.08. The van der Waals surface area contributed by atoms with Crippen LogP contribution in [0.15, 0.2) is 24.0 Å². The maximum Gasteiger partial charge on any atom is 0.345 e. The average molecular weight is 504 g/mol. The lowest BCUT2D eigenvalue weighted by atomic mass is 9.50. The Morgan fingerprint density at radius 1 is 1.31 bits per heavy atom. The molecule has 2 heterocycles. The fourth-order valence-electron chi connectivity index (χ4n) is 6.37. The van der Waals surface area contributed by atoms with E-state index in [0.29, 0.717) is 30.7 Å². The van der Waals surface area contributed by atoms with E-state index < -0.39 is 53.7 Å². The first kappa shape index (κ1) is 24.7. The molecule has 4 aliphatic rings. The summed E-state index contributed by atoms with van der Waals surface area (Å²) in [6.07, 6.45) is -2.11. The number of carbonyl (C=O) groups is 3. The van der Waals surface area contributed by atoms with Crippen molar-refractivity contribution in [2.45, 2.75) is 74.6 Å². The molecule has 1 spiro atoms. The van der Waals surface area contributed by atoms with Crippen molar-refractivity contribution in [1.29, 1.82) is 0 Å². The number of piperidine rings is 1. The number of hydrogen-bond donors (Lipinski definition) is 4. The predicted molar refractivity (Wildman–Crippen MR) is 121 cm³/mol. The summed E-state index contributed by atoms with van der Waals surface area (Å²) in [6, 6.07) is 3.55. The van der Waals surface area contributed by atoms with Gasteiger partial charge >= 0.3 is 17.9 Å². The first-order chi connectivity index (χ1) is 17.0. The Morgan fingerprint density at radius 3 is 2.72 bits per heavy atom. The number of aliphatic carboxylic acids is 1. The van der Waals surface area contributed by atoms with Crippen LogP contribution in [0.25, 0.3) is 0 Å². The van der Waals surface area contributed by atoms with E-state index in [1.54, 1.807) is 12.1 Å². The van der Waals surface area contributed by atoms with Crippen molar-refractivity contribution >= 4 is 17.9 Å². The number of carboxylic acid groups (broad SMARTS) is 1. The Balaban J connectivity index is 1.48. The van der Waals surface area contributed by atoms with Crippen molar-refractivity contribution in [3.63, 3.8) is 0 Å². The smallest absolute Gasteiger partial charge is 0.345 e. The van der Waals surface area contributed by atoms with E-state index in [0.717, 1.165) is 18.1 Å². The largest absolute Gasteiger partial charge is 0.481 e. The highest BCUT2D eigenvalue weighted by atomic mass is 16.6. The van der Waals surface area contributed by atoms with Crippen molar-refractivity contribution in [2.24, 2.45) is 0 Å². The molecule has 1 aromatic carbocycles. The van der Waals surface area contributed by atoms with Crippen LogP contribution in [0.5, 0.6) is 5.75 Å². The molecule has 11 nitrogen and oxygen atoms in total. The molecule has 2 aliphatic heterocycles. The molecule has 1 aromatic rings. The number of ether oxygens (including phenoxy) is 3. The fraction of sp³-hybridized carbons (Fsp3) is 0.560. The average Bonchev–Trinajstić information content (AvgIpc) is 3.18. The highest BCUT2D eigenvalue weighted by Gasteiger charge is 2.71. The number of hydrogen-bond acceptors (Lipinski definition) is 10. The number of esters is 2. The Hall–Kier alpha value is -2.99. The van der Waals surface area contributed by atoms with Gasteiger partial charge in [0.15, 0.2) is 6.10 Å². The zero-order valence-corrected chi connectivity index (χ0v) is 20.0.